The Labute approximate surface area is 113 Å². The quantitative estimate of drug-likeness (QED) is 0.536. The second-order valence-electron chi connectivity index (χ2n) is 7.29. The zero-order valence-electron chi connectivity index (χ0n) is 13.2. The first-order valence-electron chi connectivity index (χ1n) is 7.59. The van der Waals surface area contributed by atoms with Gasteiger partial charge in [0.1, 0.15) is 0 Å². The molecule has 0 aromatic carbocycles. The van der Waals surface area contributed by atoms with Gasteiger partial charge in [0.25, 0.3) is 0 Å². The van der Waals surface area contributed by atoms with Crippen molar-refractivity contribution in [2.75, 3.05) is 0 Å². The van der Waals surface area contributed by atoms with E-state index in [0.717, 1.165) is 19.3 Å². The van der Waals surface area contributed by atoms with Crippen molar-refractivity contribution in [3.05, 3.63) is 0 Å². The van der Waals surface area contributed by atoms with Gasteiger partial charge in [-0.05, 0) is 23.7 Å². The minimum absolute atomic E-state index is 0.0175. The SMILES string of the molecule is CCC(C)(C)C1(C(C)(C)CC)CCCCC1OO. The van der Waals surface area contributed by atoms with Crippen LogP contribution in [0.3, 0.4) is 0 Å². The monoisotopic (exact) mass is 256 g/mol. The second-order valence-corrected chi connectivity index (χ2v) is 7.29. The van der Waals surface area contributed by atoms with Gasteiger partial charge in [0.2, 0.25) is 0 Å². The van der Waals surface area contributed by atoms with Gasteiger partial charge in [0.15, 0.2) is 0 Å². The molecular formula is C16H32O2. The molecule has 1 unspecified atom stereocenters. The molecule has 0 aromatic heterocycles. The summed E-state index contributed by atoms with van der Waals surface area (Å²) in [6.07, 6.45) is 6.81. The normalized spacial score (nSPS) is 25.2. The Hall–Kier alpha value is -0.0800. The van der Waals surface area contributed by atoms with Gasteiger partial charge in [0.05, 0.1) is 6.10 Å². The molecule has 1 saturated carbocycles. The standard InChI is InChI=1S/C16H32O2/c1-7-14(3,4)16(15(5,6)8-2)12-10-9-11-13(16)18-17/h13,17H,7-12H2,1-6H3. The van der Waals surface area contributed by atoms with E-state index >= 15 is 0 Å². The molecule has 18 heavy (non-hydrogen) atoms. The van der Waals surface area contributed by atoms with E-state index in [1.165, 1.54) is 19.3 Å². The fourth-order valence-corrected chi connectivity index (χ4v) is 4.38. The third-order valence-electron chi connectivity index (χ3n) is 6.15. The molecule has 1 aliphatic rings. The minimum atomic E-state index is -0.0175. The minimum Gasteiger partial charge on any atom is -0.252 e. The highest BCUT2D eigenvalue weighted by Crippen LogP contribution is 2.62. The number of rotatable bonds is 5. The third kappa shape index (κ3) is 2.22. The molecule has 0 amide bonds. The molecule has 1 aliphatic carbocycles. The molecule has 0 saturated heterocycles. The Morgan fingerprint density at radius 1 is 1.06 bits per heavy atom. The number of hydrogen-bond acceptors (Lipinski definition) is 2. The average molecular weight is 256 g/mol. The lowest BCUT2D eigenvalue weighted by atomic mass is 9.45. The first-order chi connectivity index (χ1) is 8.29. The fraction of sp³-hybridized carbons (Fsp3) is 1.00. The van der Waals surface area contributed by atoms with Gasteiger partial charge in [0, 0.05) is 5.41 Å². The molecule has 1 rings (SSSR count). The smallest absolute Gasteiger partial charge is 0.0993 e. The van der Waals surface area contributed by atoms with Crippen molar-refractivity contribution in [3.8, 4) is 0 Å². The Balaban J connectivity index is 3.31. The first kappa shape index (κ1) is 16.0. The molecule has 0 radical (unpaired) electrons. The molecule has 1 N–H and O–H groups in total. The summed E-state index contributed by atoms with van der Waals surface area (Å²) in [5.74, 6) is 0. The molecule has 2 nitrogen and oxygen atoms in total. The van der Waals surface area contributed by atoms with Crippen LogP contribution in [-0.4, -0.2) is 11.4 Å². The van der Waals surface area contributed by atoms with Gasteiger partial charge < -0.3 is 0 Å². The summed E-state index contributed by atoms with van der Waals surface area (Å²) in [5, 5.41) is 9.44. The highest BCUT2D eigenvalue weighted by molar-refractivity contribution is 5.07. The van der Waals surface area contributed by atoms with Crippen LogP contribution in [0.1, 0.15) is 80.1 Å². The van der Waals surface area contributed by atoms with Crippen LogP contribution in [0, 0.1) is 16.2 Å². The van der Waals surface area contributed by atoms with Crippen LogP contribution in [0.15, 0.2) is 0 Å². The molecule has 0 bridgehead atoms. The highest BCUT2D eigenvalue weighted by atomic mass is 17.1. The topological polar surface area (TPSA) is 29.5 Å². The van der Waals surface area contributed by atoms with E-state index in [4.69, 9.17) is 4.89 Å². The van der Waals surface area contributed by atoms with E-state index < -0.39 is 0 Å². The maximum atomic E-state index is 9.44. The molecule has 0 aliphatic heterocycles. The summed E-state index contributed by atoms with van der Waals surface area (Å²) in [7, 11) is 0. The van der Waals surface area contributed by atoms with Crippen molar-refractivity contribution in [3.63, 3.8) is 0 Å². The summed E-state index contributed by atoms with van der Waals surface area (Å²) < 4.78 is 0. The molecule has 2 heteroatoms. The van der Waals surface area contributed by atoms with Crippen molar-refractivity contribution in [2.45, 2.75) is 86.2 Å². The van der Waals surface area contributed by atoms with Crippen LogP contribution in [0.2, 0.25) is 0 Å². The van der Waals surface area contributed by atoms with E-state index in [0.29, 0.717) is 0 Å². The molecule has 1 atom stereocenters. The molecule has 1 fully saturated rings. The van der Waals surface area contributed by atoms with Crippen LogP contribution in [0.5, 0.6) is 0 Å². The summed E-state index contributed by atoms with van der Waals surface area (Å²) in [6, 6.07) is 0. The van der Waals surface area contributed by atoms with Gasteiger partial charge >= 0.3 is 0 Å². The van der Waals surface area contributed by atoms with Crippen LogP contribution in [0.25, 0.3) is 0 Å². The Kier molecular flexibility index (Phi) is 4.88. The molecule has 0 spiro atoms. The van der Waals surface area contributed by atoms with Crippen molar-refractivity contribution >= 4 is 0 Å². The van der Waals surface area contributed by atoms with Gasteiger partial charge in [-0.1, -0.05) is 67.2 Å². The summed E-state index contributed by atoms with van der Waals surface area (Å²) >= 11 is 0. The lowest BCUT2D eigenvalue weighted by molar-refractivity contribution is -0.340. The van der Waals surface area contributed by atoms with E-state index in [-0.39, 0.29) is 22.3 Å². The molecule has 0 aromatic rings. The van der Waals surface area contributed by atoms with Crippen LogP contribution in [0.4, 0.5) is 0 Å². The summed E-state index contributed by atoms with van der Waals surface area (Å²) in [5.41, 5.74) is 0.428. The second kappa shape index (κ2) is 5.50. The van der Waals surface area contributed by atoms with Crippen molar-refractivity contribution in [1.82, 2.24) is 0 Å². The lowest BCUT2D eigenvalue weighted by Gasteiger charge is -2.60. The predicted octanol–water partition coefficient (Wildman–Crippen LogP) is 5.28. The lowest BCUT2D eigenvalue weighted by Crippen LogP contribution is -2.58. The summed E-state index contributed by atoms with van der Waals surface area (Å²) in [6.45, 7) is 13.9. The van der Waals surface area contributed by atoms with E-state index in [1.54, 1.807) is 0 Å². The zero-order chi connectivity index (χ0) is 14.0. The Morgan fingerprint density at radius 3 is 1.94 bits per heavy atom. The van der Waals surface area contributed by atoms with Crippen LogP contribution < -0.4 is 0 Å². The first-order valence-corrected chi connectivity index (χ1v) is 7.59. The highest BCUT2D eigenvalue weighted by Gasteiger charge is 2.58. The predicted molar refractivity (Wildman–Crippen MR) is 76.5 cm³/mol. The van der Waals surface area contributed by atoms with E-state index in [2.05, 4.69) is 41.5 Å². The van der Waals surface area contributed by atoms with Crippen LogP contribution in [-0.2, 0) is 4.89 Å². The molecule has 0 heterocycles. The summed E-state index contributed by atoms with van der Waals surface area (Å²) in [4.78, 5) is 4.98. The van der Waals surface area contributed by atoms with Gasteiger partial charge in [-0.15, -0.1) is 0 Å². The largest absolute Gasteiger partial charge is 0.252 e. The molecule has 108 valence electrons. The molecular weight excluding hydrogens is 224 g/mol. The zero-order valence-corrected chi connectivity index (χ0v) is 13.2. The third-order valence-corrected chi connectivity index (χ3v) is 6.15. The van der Waals surface area contributed by atoms with Crippen molar-refractivity contribution in [1.29, 1.82) is 0 Å². The van der Waals surface area contributed by atoms with Gasteiger partial charge in [-0.3, -0.25) is 5.26 Å². The maximum Gasteiger partial charge on any atom is 0.0993 e. The average Bonchev–Trinajstić information content (AvgIpc) is 2.37. The number of hydrogen-bond donors (Lipinski definition) is 1. The Bertz CT molecular complexity index is 252. The van der Waals surface area contributed by atoms with Crippen molar-refractivity contribution in [2.24, 2.45) is 16.2 Å². The van der Waals surface area contributed by atoms with E-state index in [9.17, 15) is 5.26 Å². The van der Waals surface area contributed by atoms with E-state index in [1.807, 2.05) is 0 Å². The van der Waals surface area contributed by atoms with Crippen LogP contribution >= 0.6 is 0 Å². The van der Waals surface area contributed by atoms with Gasteiger partial charge in [-0.25, -0.2) is 4.89 Å². The van der Waals surface area contributed by atoms with Crippen molar-refractivity contribution < 1.29 is 10.1 Å². The van der Waals surface area contributed by atoms with Gasteiger partial charge in [-0.2, -0.15) is 0 Å². The Morgan fingerprint density at radius 2 is 1.56 bits per heavy atom. The maximum absolute atomic E-state index is 9.44. The fourth-order valence-electron chi connectivity index (χ4n) is 4.38.